The van der Waals surface area contributed by atoms with Crippen LogP contribution in [0.4, 0.5) is 5.69 Å². The lowest BCUT2D eigenvalue weighted by molar-refractivity contribution is 0.102. The van der Waals surface area contributed by atoms with E-state index < -0.39 is 0 Å². The van der Waals surface area contributed by atoms with E-state index in [1.54, 1.807) is 6.07 Å². The molecule has 0 spiro atoms. The molecule has 3 rings (SSSR count). The lowest BCUT2D eigenvalue weighted by atomic mass is 10.1. The summed E-state index contributed by atoms with van der Waals surface area (Å²) >= 11 is 0. The molecule has 0 radical (unpaired) electrons. The molecule has 3 aromatic carbocycles. The Morgan fingerprint density at radius 1 is 0.871 bits per heavy atom. The molecule has 0 saturated heterocycles. The molecule has 4 heteroatoms. The van der Waals surface area contributed by atoms with E-state index in [2.05, 4.69) is 39.1 Å². The van der Waals surface area contributed by atoms with Crippen molar-refractivity contribution >= 4 is 11.6 Å². The van der Waals surface area contributed by atoms with Crippen LogP contribution in [0.2, 0.25) is 0 Å². The van der Waals surface area contributed by atoms with E-state index in [9.17, 15) is 4.79 Å². The van der Waals surface area contributed by atoms with Crippen molar-refractivity contribution in [3.8, 4) is 11.5 Å². The van der Waals surface area contributed by atoms with Gasteiger partial charge in [0.2, 0.25) is 0 Å². The van der Waals surface area contributed by atoms with Gasteiger partial charge in [0.25, 0.3) is 5.91 Å². The highest BCUT2D eigenvalue weighted by molar-refractivity contribution is 6.04. The maximum absolute atomic E-state index is 12.8. The first-order chi connectivity index (χ1) is 14.9. The zero-order valence-electron chi connectivity index (χ0n) is 19.0. The average molecular weight is 418 g/mol. The molecule has 3 aromatic rings. The second kappa shape index (κ2) is 10.2. The molecule has 0 unspecified atom stereocenters. The molecule has 0 aliphatic rings. The molecule has 0 saturated carbocycles. The molecule has 0 atom stereocenters. The lowest BCUT2D eigenvalue weighted by Crippen LogP contribution is -2.13. The molecule has 0 aliphatic carbocycles. The summed E-state index contributed by atoms with van der Waals surface area (Å²) in [4.78, 5) is 12.8. The van der Waals surface area contributed by atoms with Crippen LogP contribution < -0.4 is 14.8 Å². The van der Waals surface area contributed by atoms with Crippen LogP contribution in [0.25, 0.3) is 0 Å². The summed E-state index contributed by atoms with van der Waals surface area (Å²) < 4.78 is 11.9. The minimum absolute atomic E-state index is 0.156. The Bertz CT molecular complexity index is 1050. The minimum Gasteiger partial charge on any atom is -0.493 e. The molecule has 1 amide bonds. The molecule has 0 aromatic heterocycles. The van der Waals surface area contributed by atoms with Crippen molar-refractivity contribution < 1.29 is 14.3 Å². The third kappa shape index (κ3) is 5.66. The number of rotatable bonds is 8. The van der Waals surface area contributed by atoms with Gasteiger partial charge in [-0.1, -0.05) is 25.1 Å². The van der Waals surface area contributed by atoms with Crippen LogP contribution in [0.15, 0.2) is 54.6 Å². The molecular weight excluding hydrogens is 386 g/mol. The number of ether oxygens (including phenoxy) is 2. The molecule has 4 nitrogen and oxygen atoms in total. The number of carbonyl (C=O) groups excluding carboxylic acids is 1. The summed E-state index contributed by atoms with van der Waals surface area (Å²) in [5.74, 6) is 1.43. The zero-order chi connectivity index (χ0) is 22.4. The molecule has 0 aliphatic heterocycles. The van der Waals surface area contributed by atoms with Gasteiger partial charge in [0.1, 0.15) is 18.1 Å². The van der Waals surface area contributed by atoms with E-state index in [0.29, 0.717) is 18.8 Å². The van der Waals surface area contributed by atoms with Crippen molar-refractivity contribution in [2.24, 2.45) is 0 Å². The van der Waals surface area contributed by atoms with Gasteiger partial charge in [0, 0.05) is 16.8 Å². The van der Waals surface area contributed by atoms with Gasteiger partial charge in [0.05, 0.1) is 6.61 Å². The number of benzene rings is 3. The lowest BCUT2D eigenvalue weighted by Gasteiger charge is -2.16. The molecule has 31 heavy (non-hydrogen) atoms. The Morgan fingerprint density at radius 2 is 1.61 bits per heavy atom. The van der Waals surface area contributed by atoms with Crippen molar-refractivity contribution in [1.29, 1.82) is 0 Å². The summed E-state index contributed by atoms with van der Waals surface area (Å²) in [6.45, 7) is 11.1. The monoisotopic (exact) mass is 417 g/mol. The zero-order valence-corrected chi connectivity index (χ0v) is 19.0. The number of hydrogen-bond acceptors (Lipinski definition) is 3. The number of carbonyl (C=O) groups is 1. The SMILES string of the molecule is CCOc1ccc(C(=O)Nc2ccc(CC)cc2)cc1COc1cc(C)cc(C)c1C. The highest BCUT2D eigenvalue weighted by Crippen LogP contribution is 2.27. The van der Waals surface area contributed by atoms with E-state index in [0.717, 1.165) is 40.3 Å². The Hall–Kier alpha value is -3.27. The van der Waals surface area contributed by atoms with E-state index >= 15 is 0 Å². The van der Waals surface area contributed by atoms with E-state index in [1.165, 1.54) is 11.1 Å². The van der Waals surface area contributed by atoms with Gasteiger partial charge < -0.3 is 14.8 Å². The van der Waals surface area contributed by atoms with Gasteiger partial charge >= 0.3 is 0 Å². The first-order valence-electron chi connectivity index (χ1n) is 10.8. The minimum atomic E-state index is -0.156. The third-order valence-corrected chi connectivity index (χ3v) is 5.39. The van der Waals surface area contributed by atoms with Crippen molar-refractivity contribution in [2.45, 2.75) is 47.6 Å². The van der Waals surface area contributed by atoms with E-state index in [4.69, 9.17) is 9.47 Å². The van der Waals surface area contributed by atoms with Gasteiger partial charge in [-0.15, -0.1) is 0 Å². The second-order valence-electron chi connectivity index (χ2n) is 7.75. The fourth-order valence-corrected chi connectivity index (χ4v) is 3.46. The van der Waals surface area contributed by atoms with Crippen LogP contribution in [0.3, 0.4) is 0 Å². The largest absolute Gasteiger partial charge is 0.493 e. The number of aryl methyl sites for hydroxylation is 3. The molecule has 1 N–H and O–H groups in total. The Kier molecular flexibility index (Phi) is 7.35. The Balaban J connectivity index is 1.80. The van der Waals surface area contributed by atoms with Crippen LogP contribution in [0.1, 0.15) is 52.0 Å². The summed E-state index contributed by atoms with van der Waals surface area (Å²) in [6.07, 6.45) is 0.969. The number of amides is 1. The third-order valence-electron chi connectivity index (χ3n) is 5.39. The summed E-state index contributed by atoms with van der Waals surface area (Å²) in [5, 5.41) is 2.97. The highest BCUT2D eigenvalue weighted by Gasteiger charge is 2.13. The maximum atomic E-state index is 12.8. The van der Waals surface area contributed by atoms with Crippen LogP contribution in [-0.2, 0) is 13.0 Å². The predicted octanol–water partition coefficient (Wildman–Crippen LogP) is 6.40. The standard InChI is InChI=1S/C27H31NO3/c1-6-21-8-11-24(12-9-21)28-27(29)22-10-13-25(30-7-2)23(16-22)17-31-26-15-18(3)14-19(4)20(26)5/h8-16H,6-7,17H2,1-5H3,(H,28,29). The van der Waals surface area contributed by atoms with Crippen LogP contribution in [0, 0.1) is 20.8 Å². The van der Waals surface area contributed by atoms with Gasteiger partial charge in [-0.25, -0.2) is 0 Å². The van der Waals surface area contributed by atoms with Crippen molar-refractivity contribution in [2.75, 3.05) is 11.9 Å². The Labute approximate surface area is 185 Å². The van der Waals surface area contributed by atoms with Gasteiger partial charge in [-0.3, -0.25) is 4.79 Å². The maximum Gasteiger partial charge on any atom is 0.255 e. The van der Waals surface area contributed by atoms with Crippen molar-refractivity contribution in [3.05, 3.63) is 88.0 Å². The van der Waals surface area contributed by atoms with Crippen LogP contribution in [0.5, 0.6) is 11.5 Å². The second-order valence-corrected chi connectivity index (χ2v) is 7.75. The van der Waals surface area contributed by atoms with Gasteiger partial charge in [0.15, 0.2) is 0 Å². The molecule has 0 heterocycles. The van der Waals surface area contributed by atoms with Gasteiger partial charge in [-0.2, -0.15) is 0 Å². The smallest absolute Gasteiger partial charge is 0.255 e. The quantitative estimate of drug-likeness (QED) is 0.461. The fraction of sp³-hybridized carbons (Fsp3) is 0.296. The van der Waals surface area contributed by atoms with Crippen molar-refractivity contribution in [3.63, 3.8) is 0 Å². The predicted molar refractivity (Wildman–Crippen MR) is 126 cm³/mol. The topological polar surface area (TPSA) is 47.6 Å². The number of anilines is 1. The summed E-state index contributed by atoms with van der Waals surface area (Å²) in [7, 11) is 0. The summed E-state index contributed by atoms with van der Waals surface area (Å²) in [5.41, 5.74) is 6.90. The normalized spacial score (nSPS) is 10.6. The molecular formula is C27H31NO3. The number of hydrogen-bond donors (Lipinski definition) is 1. The van der Waals surface area contributed by atoms with Crippen LogP contribution in [-0.4, -0.2) is 12.5 Å². The summed E-state index contributed by atoms with van der Waals surface area (Å²) in [6, 6.07) is 17.6. The first kappa shape index (κ1) is 22.4. The number of nitrogens with one attached hydrogen (secondary N) is 1. The van der Waals surface area contributed by atoms with Gasteiger partial charge in [-0.05, 0) is 92.8 Å². The Morgan fingerprint density at radius 3 is 2.29 bits per heavy atom. The molecule has 0 fully saturated rings. The first-order valence-corrected chi connectivity index (χ1v) is 10.8. The highest BCUT2D eigenvalue weighted by atomic mass is 16.5. The average Bonchev–Trinajstić information content (AvgIpc) is 2.76. The molecule has 0 bridgehead atoms. The fourth-order valence-electron chi connectivity index (χ4n) is 3.46. The van der Waals surface area contributed by atoms with E-state index in [-0.39, 0.29) is 5.91 Å². The van der Waals surface area contributed by atoms with Crippen LogP contribution >= 0.6 is 0 Å². The molecule has 162 valence electrons. The van der Waals surface area contributed by atoms with E-state index in [1.807, 2.05) is 49.4 Å². The van der Waals surface area contributed by atoms with Crippen molar-refractivity contribution in [1.82, 2.24) is 0 Å².